The highest BCUT2D eigenvalue weighted by molar-refractivity contribution is 5.83. The Hall–Kier alpha value is -2.48. The molecule has 0 spiro atoms. The fourth-order valence-corrected chi connectivity index (χ4v) is 3.33. The van der Waals surface area contributed by atoms with Gasteiger partial charge >= 0.3 is 12.1 Å². The molecule has 4 N–H and O–H groups in total. The summed E-state index contributed by atoms with van der Waals surface area (Å²) in [6.07, 6.45) is 4.89. The molecule has 8 heteroatoms. The summed E-state index contributed by atoms with van der Waals surface area (Å²) in [5, 5.41) is 19.3. The first kappa shape index (κ1) is 22.8. The highest BCUT2D eigenvalue weighted by atomic mass is 16.7. The van der Waals surface area contributed by atoms with E-state index in [1.807, 2.05) is 6.92 Å². The van der Waals surface area contributed by atoms with Gasteiger partial charge in [-0.15, -0.1) is 0 Å². The maximum Gasteiger partial charge on any atom is 0.510 e. The fraction of sp³-hybridized carbons (Fsp3) is 0.619. The molecule has 162 valence electrons. The summed E-state index contributed by atoms with van der Waals surface area (Å²) >= 11 is 0. The molecule has 1 unspecified atom stereocenters. The lowest BCUT2D eigenvalue weighted by molar-refractivity contribution is -0.171. The van der Waals surface area contributed by atoms with Crippen LogP contribution in [0.1, 0.15) is 70.3 Å². The van der Waals surface area contributed by atoms with Crippen LogP contribution in [0.3, 0.4) is 0 Å². The lowest BCUT2D eigenvalue weighted by Crippen LogP contribution is -2.56. The number of esters is 1. The van der Waals surface area contributed by atoms with Crippen LogP contribution in [0.25, 0.3) is 0 Å². The number of hydrogen-bond acceptors (Lipinski definition) is 8. The molecule has 0 saturated heterocycles. The standard InChI is InChI=1S/C21H31NO7/c1-3-12-27-19(25)21(22,14(2)15-10-11-17(23)18(24)13-15)29-20(26)28-16-8-6-4-5-7-9-16/h10-11,13-14,16,23-24H,3-9,12,22H2,1-2H3/t14?,21-/m1/s1. The molecular formula is C21H31NO7. The molecule has 0 amide bonds. The fourth-order valence-electron chi connectivity index (χ4n) is 3.33. The second kappa shape index (κ2) is 10.3. The molecule has 8 nitrogen and oxygen atoms in total. The molecule has 1 aliphatic carbocycles. The number of ether oxygens (including phenoxy) is 3. The Morgan fingerprint density at radius 2 is 1.83 bits per heavy atom. The number of aromatic hydroxyl groups is 2. The highest BCUT2D eigenvalue weighted by Gasteiger charge is 2.47. The maximum absolute atomic E-state index is 12.7. The molecule has 1 aliphatic rings. The minimum absolute atomic E-state index is 0.117. The number of rotatable bonds is 7. The summed E-state index contributed by atoms with van der Waals surface area (Å²) in [5.41, 5.74) is 4.48. The Morgan fingerprint density at radius 3 is 2.41 bits per heavy atom. The molecule has 0 aliphatic heterocycles. The predicted molar refractivity (Wildman–Crippen MR) is 105 cm³/mol. The first-order valence-electron chi connectivity index (χ1n) is 10.2. The number of nitrogens with two attached hydrogens (primary N) is 1. The zero-order chi connectivity index (χ0) is 21.4. The van der Waals surface area contributed by atoms with Gasteiger partial charge in [0.25, 0.3) is 5.72 Å². The molecule has 1 saturated carbocycles. The summed E-state index contributed by atoms with van der Waals surface area (Å²) in [4.78, 5) is 25.1. The van der Waals surface area contributed by atoms with E-state index in [1.165, 1.54) is 18.2 Å². The van der Waals surface area contributed by atoms with Crippen LogP contribution in [0.2, 0.25) is 0 Å². The van der Waals surface area contributed by atoms with Crippen molar-refractivity contribution >= 4 is 12.1 Å². The van der Waals surface area contributed by atoms with Gasteiger partial charge < -0.3 is 24.4 Å². The minimum atomic E-state index is -2.15. The van der Waals surface area contributed by atoms with E-state index in [9.17, 15) is 19.8 Å². The van der Waals surface area contributed by atoms with Gasteiger partial charge in [0.05, 0.1) is 6.61 Å². The number of benzene rings is 1. The van der Waals surface area contributed by atoms with Gasteiger partial charge in [-0.3, -0.25) is 5.73 Å². The average molecular weight is 409 g/mol. The van der Waals surface area contributed by atoms with E-state index < -0.39 is 23.8 Å². The number of carbonyl (C=O) groups excluding carboxylic acids is 2. The zero-order valence-corrected chi connectivity index (χ0v) is 17.1. The minimum Gasteiger partial charge on any atom is -0.504 e. The van der Waals surface area contributed by atoms with Gasteiger partial charge in [-0.1, -0.05) is 32.8 Å². The van der Waals surface area contributed by atoms with Crippen LogP contribution in [0, 0.1) is 0 Å². The monoisotopic (exact) mass is 409 g/mol. The van der Waals surface area contributed by atoms with E-state index in [1.54, 1.807) is 6.92 Å². The van der Waals surface area contributed by atoms with Gasteiger partial charge in [-0.05, 0) is 49.8 Å². The van der Waals surface area contributed by atoms with Gasteiger partial charge in [0.2, 0.25) is 0 Å². The SMILES string of the molecule is CCCOC(=O)[C@](N)(OC(=O)OC1CCCCCC1)C(C)c1ccc(O)c(O)c1. The van der Waals surface area contributed by atoms with E-state index in [-0.39, 0.29) is 24.2 Å². The molecule has 2 rings (SSSR count). The number of carbonyl (C=O) groups is 2. The van der Waals surface area contributed by atoms with E-state index >= 15 is 0 Å². The summed E-state index contributed by atoms with van der Waals surface area (Å²) < 4.78 is 15.9. The van der Waals surface area contributed by atoms with Gasteiger partial charge in [0.1, 0.15) is 6.10 Å². The molecule has 1 fully saturated rings. The van der Waals surface area contributed by atoms with E-state index in [2.05, 4.69) is 0 Å². The summed E-state index contributed by atoms with van der Waals surface area (Å²) in [7, 11) is 0. The Morgan fingerprint density at radius 1 is 1.17 bits per heavy atom. The van der Waals surface area contributed by atoms with Crippen LogP contribution in [-0.4, -0.2) is 40.8 Å². The van der Waals surface area contributed by atoms with Crippen molar-refractivity contribution in [3.63, 3.8) is 0 Å². The average Bonchev–Trinajstić information content (AvgIpc) is 2.95. The lowest BCUT2D eigenvalue weighted by atomic mass is 9.90. The van der Waals surface area contributed by atoms with Gasteiger partial charge in [-0.25, -0.2) is 9.59 Å². The van der Waals surface area contributed by atoms with E-state index in [4.69, 9.17) is 19.9 Å². The third-order valence-corrected chi connectivity index (χ3v) is 5.22. The maximum atomic E-state index is 12.7. The van der Waals surface area contributed by atoms with Crippen molar-refractivity contribution in [1.82, 2.24) is 0 Å². The topological polar surface area (TPSA) is 128 Å². The molecule has 0 heterocycles. The van der Waals surface area contributed by atoms with Crippen molar-refractivity contribution in [3.8, 4) is 11.5 Å². The molecule has 0 radical (unpaired) electrons. The Bertz CT molecular complexity index is 700. The normalized spacial score (nSPS) is 18.2. The van der Waals surface area contributed by atoms with Gasteiger partial charge in [0.15, 0.2) is 11.5 Å². The molecule has 0 bridgehead atoms. The zero-order valence-electron chi connectivity index (χ0n) is 17.1. The third-order valence-electron chi connectivity index (χ3n) is 5.22. The Kier molecular flexibility index (Phi) is 8.13. The van der Waals surface area contributed by atoms with Crippen molar-refractivity contribution in [2.45, 2.75) is 76.5 Å². The lowest BCUT2D eigenvalue weighted by Gasteiger charge is -2.32. The van der Waals surface area contributed by atoms with Crippen LogP contribution in [-0.2, 0) is 19.0 Å². The number of phenols is 2. The van der Waals surface area contributed by atoms with E-state index in [0.717, 1.165) is 38.5 Å². The second-order valence-electron chi connectivity index (χ2n) is 7.48. The highest BCUT2D eigenvalue weighted by Crippen LogP contribution is 2.34. The van der Waals surface area contributed by atoms with E-state index in [0.29, 0.717) is 12.0 Å². The Balaban J connectivity index is 2.20. The summed E-state index contributed by atoms with van der Waals surface area (Å²) in [5.74, 6) is -2.47. The molecule has 0 aromatic heterocycles. The summed E-state index contributed by atoms with van der Waals surface area (Å²) in [6.45, 7) is 3.51. The smallest absolute Gasteiger partial charge is 0.504 e. The predicted octanol–water partition coefficient (Wildman–Crippen LogP) is 3.69. The summed E-state index contributed by atoms with van der Waals surface area (Å²) in [6, 6.07) is 4.01. The van der Waals surface area contributed by atoms with Crippen LogP contribution in [0.5, 0.6) is 11.5 Å². The third kappa shape index (κ3) is 6.00. The Labute approximate surface area is 170 Å². The molecular weight excluding hydrogens is 378 g/mol. The number of hydrogen-bond donors (Lipinski definition) is 3. The quantitative estimate of drug-likeness (QED) is 0.269. The van der Waals surface area contributed by atoms with Crippen LogP contribution < -0.4 is 5.73 Å². The van der Waals surface area contributed by atoms with Crippen molar-refractivity contribution in [2.24, 2.45) is 5.73 Å². The number of phenolic OH excluding ortho intramolecular Hbond substituents is 2. The van der Waals surface area contributed by atoms with Crippen molar-refractivity contribution < 1.29 is 34.0 Å². The molecule has 1 aromatic rings. The van der Waals surface area contributed by atoms with Crippen molar-refractivity contribution in [1.29, 1.82) is 0 Å². The van der Waals surface area contributed by atoms with Crippen molar-refractivity contribution in [2.75, 3.05) is 6.61 Å². The second-order valence-corrected chi connectivity index (χ2v) is 7.48. The molecule has 1 aromatic carbocycles. The van der Waals surface area contributed by atoms with Crippen LogP contribution >= 0.6 is 0 Å². The van der Waals surface area contributed by atoms with Crippen LogP contribution in [0.15, 0.2) is 18.2 Å². The van der Waals surface area contributed by atoms with Crippen LogP contribution in [0.4, 0.5) is 4.79 Å². The first-order valence-corrected chi connectivity index (χ1v) is 10.2. The van der Waals surface area contributed by atoms with Crippen molar-refractivity contribution in [3.05, 3.63) is 23.8 Å². The van der Waals surface area contributed by atoms with Gasteiger partial charge in [-0.2, -0.15) is 0 Å². The molecule has 29 heavy (non-hydrogen) atoms. The van der Waals surface area contributed by atoms with Gasteiger partial charge in [0, 0.05) is 5.92 Å². The molecule has 2 atom stereocenters. The largest absolute Gasteiger partial charge is 0.510 e. The first-order chi connectivity index (χ1) is 13.8.